The Morgan fingerprint density at radius 2 is 1.62 bits per heavy atom. The quantitative estimate of drug-likeness (QED) is 0.318. The number of carbonyl (C=O) groups is 2. The van der Waals surface area contributed by atoms with E-state index in [0.717, 1.165) is 5.56 Å². The number of ketones is 1. The first-order valence-corrected chi connectivity index (χ1v) is 10.7. The van der Waals surface area contributed by atoms with Crippen molar-refractivity contribution in [2.24, 2.45) is 0 Å². The van der Waals surface area contributed by atoms with Crippen molar-refractivity contribution in [3.8, 4) is 11.5 Å². The van der Waals surface area contributed by atoms with Gasteiger partial charge in [-0.3, -0.25) is 9.59 Å². The van der Waals surface area contributed by atoms with Gasteiger partial charge < -0.3 is 19.5 Å². The van der Waals surface area contributed by atoms with Crippen molar-refractivity contribution in [3.63, 3.8) is 0 Å². The molecule has 0 spiro atoms. The Bertz CT molecular complexity index is 1240. The van der Waals surface area contributed by atoms with Crippen LogP contribution in [0.15, 0.2) is 78.4 Å². The molecule has 1 heterocycles. The zero-order valence-electron chi connectivity index (χ0n) is 18.8. The number of methoxy groups -OCH3 is 2. The molecule has 0 aliphatic carbocycles. The van der Waals surface area contributed by atoms with Gasteiger partial charge in [0.25, 0.3) is 11.7 Å². The highest BCUT2D eigenvalue weighted by atomic mass is 19.1. The zero-order chi connectivity index (χ0) is 24.2. The summed E-state index contributed by atoms with van der Waals surface area (Å²) < 4.78 is 24.0. The number of ether oxygens (including phenoxy) is 2. The third kappa shape index (κ3) is 4.37. The molecule has 1 aliphatic heterocycles. The number of hydrogen-bond donors (Lipinski definition) is 1. The van der Waals surface area contributed by atoms with Crippen molar-refractivity contribution in [1.82, 2.24) is 4.90 Å². The summed E-state index contributed by atoms with van der Waals surface area (Å²) in [6.07, 6.45) is 0.452. The van der Waals surface area contributed by atoms with Crippen LogP contribution in [0.5, 0.6) is 11.5 Å². The van der Waals surface area contributed by atoms with Crippen LogP contribution in [0.25, 0.3) is 5.76 Å². The third-order valence-corrected chi connectivity index (χ3v) is 5.86. The number of amides is 1. The number of halogens is 1. The fraction of sp³-hybridized carbons (Fsp3) is 0.185. The smallest absolute Gasteiger partial charge is 0.295 e. The molecule has 1 N–H and O–H groups in total. The molecule has 1 amide bonds. The number of aliphatic hydroxyl groups excluding tert-OH is 1. The lowest BCUT2D eigenvalue weighted by molar-refractivity contribution is -0.139. The summed E-state index contributed by atoms with van der Waals surface area (Å²) in [6, 6.07) is 18.9. The first-order chi connectivity index (χ1) is 16.4. The highest BCUT2D eigenvalue weighted by Crippen LogP contribution is 2.39. The molecule has 4 rings (SSSR count). The normalized spacial score (nSPS) is 17.1. The van der Waals surface area contributed by atoms with E-state index in [0.29, 0.717) is 23.5 Å². The van der Waals surface area contributed by atoms with Crippen molar-refractivity contribution < 1.29 is 28.6 Å². The van der Waals surface area contributed by atoms with E-state index in [4.69, 9.17) is 9.47 Å². The Kier molecular flexibility index (Phi) is 6.63. The number of hydrogen-bond acceptors (Lipinski definition) is 5. The number of nitrogens with zero attached hydrogens (tertiary/aromatic N) is 1. The van der Waals surface area contributed by atoms with Gasteiger partial charge >= 0.3 is 0 Å². The maximum absolute atomic E-state index is 13.4. The third-order valence-electron chi connectivity index (χ3n) is 5.86. The standard InChI is InChI=1S/C27H24FNO5/c1-33-21-13-8-17(16-22(21)34-2)14-15-29-24(18-6-4-3-5-7-18)23(26(31)27(29)32)25(30)19-9-11-20(28)12-10-19/h3-13,16,24,30H,14-15H2,1-2H3/t24-/m1/s1. The van der Waals surface area contributed by atoms with E-state index in [1.165, 1.54) is 29.2 Å². The number of rotatable bonds is 7. The maximum atomic E-state index is 13.4. The molecule has 1 aliphatic rings. The second-order valence-electron chi connectivity index (χ2n) is 7.85. The van der Waals surface area contributed by atoms with E-state index in [1.807, 2.05) is 30.3 Å². The molecule has 7 heteroatoms. The summed E-state index contributed by atoms with van der Waals surface area (Å²) >= 11 is 0. The highest BCUT2D eigenvalue weighted by molar-refractivity contribution is 6.46. The SMILES string of the molecule is COc1ccc(CCN2C(=O)C(=O)C(=C(O)c3ccc(F)cc3)[C@H]2c2ccccc2)cc1OC. The topological polar surface area (TPSA) is 76.1 Å². The summed E-state index contributed by atoms with van der Waals surface area (Å²) in [7, 11) is 3.10. The first kappa shape index (κ1) is 23.0. The number of Topliss-reactive ketones (excluding diaryl/α,β-unsaturated/α-hetero) is 1. The van der Waals surface area contributed by atoms with Gasteiger partial charge in [0.15, 0.2) is 11.5 Å². The molecule has 6 nitrogen and oxygen atoms in total. The van der Waals surface area contributed by atoms with Gasteiger partial charge in [-0.25, -0.2) is 4.39 Å². The van der Waals surface area contributed by atoms with Crippen LogP contribution in [0.1, 0.15) is 22.7 Å². The average molecular weight is 461 g/mol. The van der Waals surface area contributed by atoms with E-state index in [1.54, 1.807) is 32.4 Å². The van der Waals surface area contributed by atoms with Crippen LogP contribution in [0.3, 0.4) is 0 Å². The number of carbonyl (C=O) groups excluding carboxylic acids is 2. The van der Waals surface area contributed by atoms with Crippen molar-refractivity contribution in [3.05, 3.63) is 101 Å². The number of aliphatic hydroxyl groups is 1. The van der Waals surface area contributed by atoms with Gasteiger partial charge in [-0.05, 0) is 53.9 Å². The number of likely N-dealkylation sites (tertiary alicyclic amines) is 1. The highest BCUT2D eigenvalue weighted by Gasteiger charge is 2.45. The summed E-state index contributed by atoms with van der Waals surface area (Å²) in [6.45, 7) is 0.236. The molecule has 174 valence electrons. The van der Waals surface area contributed by atoms with E-state index in [9.17, 15) is 19.1 Å². The van der Waals surface area contributed by atoms with Gasteiger partial charge in [-0.1, -0.05) is 36.4 Å². The van der Waals surface area contributed by atoms with E-state index >= 15 is 0 Å². The predicted octanol–water partition coefficient (Wildman–Crippen LogP) is 4.51. The molecule has 0 radical (unpaired) electrons. The molecule has 3 aromatic rings. The molecular weight excluding hydrogens is 437 g/mol. The minimum Gasteiger partial charge on any atom is -0.507 e. The van der Waals surface area contributed by atoms with Crippen molar-refractivity contribution in [1.29, 1.82) is 0 Å². The second-order valence-corrected chi connectivity index (χ2v) is 7.85. The molecule has 0 unspecified atom stereocenters. The molecule has 1 atom stereocenters. The van der Waals surface area contributed by atoms with Crippen molar-refractivity contribution in [2.45, 2.75) is 12.5 Å². The van der Waals surface area contributed by atoms with Crippen LogP contribution in [-0.4, -0.2) is 42.5 Å². The van der Waals surface area contributed by atoms with Gasteiger partial charge in [-0.15, -0.1) is 0 Å². The van der Waals surface area contributed by atoms with E-state index in [2.05, 4.69) is 0 Å². The molecule has 0 saturated carbocycles. The Balaban J connectivity index is 1.72. The Morgan fingerprint density at radius 3 is 2.26 bits per heavy atom. The van der Waals surface area contributed by atoms with E-state index < -0.39 is 23.5 Å². The van der Waals surface area contributed by atoms with Crippen LogP contribution < -0.4 is 9.47 Å². The Hall–Kier alpha value is -4.13. The summed E-state index contributed by atoms with van der Waals surface area (Å²) in [5, 5.41) is 11.0. The summed E-state index contributed by atoms with van der Waals surface area (Å²) in [5.41, 5.74) is 1.83. The van der Waals surface area contributed by atoms with Crippen LogP contribution in [0, 0.1) is 5.82 Å². The summed E-state index contributed by atoms with van der Waals surface area (Å²) in [4.78, 5) is 27.6. The van der Waals surface area contributed by atoms with Gasteiger partial charge in [0, 0.05) is 12.1 Å². The average Bonchev–Trinajstić information content (AvgIpc) is 3.12. The van der Waals surface area contributed by atoms with Crippen molar-refractivity contribution >= 4 is 17.4 Å². The lowest BCUT2D eigenvalue weighted by atomic mass is 9.95. The first-order valence-electron chi connectivity index (χ1n) is 10.7. The zero-order valence-corrected chi connectivity index (χ0v) is 18.8. The summed E-state index contributed by atoms with van der Waals surface area (Å²) in [5.74, 6) is -1.11. The van der Waals surface area contributed by atoms with Crippen LogP contribution in [0.4, 0.5) is 4.39 Å². The number of benzene rings is 3. The molecule has 3 aromatic carbocycles. The predicted molar refractivity (Wildman–Crippen MR) is 125 cm³/mol. The fourth-order valence-electron chi connectivity index (χ4n) is 4.14. The van der Waals surface area contributed by atoms with Crippen LogP contribution >= 0.6 is 0 Å². The molecule has 1 saturated heterocycles. The van der Waals surface area contributed by atoms with Gasteiger partial charge in [0.2, 0.25) is 0 Å². The monoisotopic (exact) mass is 461 g/mol. The molecular formula is C27H24FNO5. The molecule has 1 fully saturated rings. The Morgan fingerprint density at radius 1 is 0.941 bits per heavy atom. The minimum atomic E-state index is -0.775. The fourth-order valence-corrected chi connectivity index (χ4v) is 4.14. The Labute approximate surface area is 196 Å². The lowest BCUT2D eigenvalue weighted by Crippen LogP contribution is -2.31. The maximum Gasteiger partial charge on any atom is 0.295 e. The largest absolute Gasteiger partial charge is 0.507 e. The van der Waals surface area contributed by atoms with E-state index in [-0.39, 0.29) is 23.4 Å². The van der Waals surface area contributed by atoms with Gasteiger partial charge in [0.05, 0.1) is 25.8 Å². The van der Waals surface area contributed by atoms with Crippen molar-refractivity contribution in [2.75, 3.05) is 20.8 Å². The lowest BCUT2D eigenvalue weighted by Gasteiger charge is -2.25. The van der Waals surface area contributed by atoms with Crippen LogP contribution in [0.2, 0.25) is 0 Å². The van der Waals surface area contributed by atoms with Gasteiger partial charge in [0.1, 0.15) is 11.6 Å². The molecule has 0 aromatic heterocycles. The molecule has 0 bridgehead atoms. The van der Waals surface area contributed by atoms with Crippen LogP contribution in [-0.2, 0) is 16.0 Å². The van der Waals surface area contributed by atoms with Gasteiger partial charge in [-0.2, -0.15) is 0 Å². The minimum absolute atomic E-state index is 0.0184. The second kappa shape index (κ2) is 9.79. The molecule has 34 heavy (non-hydrogen) atoms.